The number of aryl methyl sites for hydroxylation is 2. The maximum atomic E-state index is 11.0. The summed E-state index contributed by atoms with van der Waals surface area (Å²) < 4.78 is 22.3. The molecule has 10 nitrogen and oxygen atoms in total. The first-order chi connectivity index (χ1) is 15.9. The van der Waals surface area contributed by atoms with Gasteiger partial charge < -0.3 is 14.3 Å². The summed E-state index contributed by atoms with van der Waals surface area (Å²) in [6.45, 7) is -0.395. The van der Waals surface area contributed by atoms with Crippen molar-refractivity contribution in [3.63, 3.8) is 0 Å². The number of aromatic nitrogens is 4. The van der Waals surface area contributed by atoms with Crippen molar-refractivity contribution < 1.29 is 28.0 Å². The second kappa shape index (κ2) is 10.0. The average Bonchev–Trinajstić information content (AvgIpc) is 3.26. The van der Waals surface area contributed by atoms with E-state index in [9.17, 15) is 4.57 Å². The van der Waals surface area contributed by atoms with Gasteiger partial charge in [-0.15, -0.1) is 0 Å². The van der Waals surface area contributed by atoms with Gasteiger partial charge in [0.15, 0.2) is 5.76 Å². The molecule has 0 unspecified atom stereocenters. The van der Waals surface area contributed by atoms with Crippen molar-refractivity contribution in [2.45, 2.75) is 26.0 Å². The van der Waals surface area contributed by atoms with Crippen molar-refractivity contribution >= 4 is 13.6 Å². The van der Waals surface area contributed by atoms with Crippen molar-refractivity contribution in [2.75, 3.05) is 5.73 Å². The van der Waals surface area contributed by atoms with Gasteiger partial charge in [0.05, 0.1) is 11.9 Å². The Kier molecular flexibility index (Phi) is 6.90. The molecule has 4 N–H and O–H groups in total. The van der Waals surface area contributed by atoms with Crippen LogP contribution in [0, 0.1) is 0 Å². The van der Waals surface area contributed by atoms with E-state index in [2.05, 4.69) is 43.9 Å². The Labute approximate surface area is 189 Å². The molecule has 0 aliphatic carbocycles. The van der Waals surface area contributed by atoms with Crippen molar-refractivity contribution in [2.24, 2.45) is 0 Å². The summed E-state index contributed by atoms with van der Waals surface area (Å²) in [4.78, 5) is 26.3. The van der Waals surface area contributed by atoms with Gasteiger partial charge in [-0.3, -0.25) is 5.73 Å². The van der Waals surface area contributed by atoms with Crippen LogP contribution >= 0.6 is 7.82 Å². The largest absolute Gasteiger partial charge is 0.472 e. The fraction of sp³-hybridized carbons (Fsp3) is 0.182. The first kappa shape index (κ1) is 22.8. The van der Waals surface area contributed by atoms with E-state index < -0.39 is 14.6 Å². The molecular formula is C22H23N5O5P+. The number of nitrogens with zero attached hydrogens (tertiary/aromatic N) is 4. The number of benzene rings is 1. The first-order valence-electron chi connectivity index (χ1n) is 10.1. The zero-order valence-corrected chi connectivity index (χ0v) is 18.5. The average molecular weight is 468 g/mol. The minimum Gasteiger partial charge on any atom is -0.356 e. The van der Waals surface area contributed by atoms with Crippen molar-refractivity contribution in [3.8, 4) is 11.3 Å². The minimum atomic E-state index is -4.62. The Hall–Kier alpha value is -3.43. The Bertz CT molecular complexity index is 1260. The molecule has 0 fully saturated rings. The SMILES string of the molecule is Nc1c(-c2cc(Cc3ccc(CCc4ncccn4)cc3)no2)ccc[n+]1COP(=O)(O)O. The van der Waals surface area contributed by atoms with Gasteiger partial charge in [-0.05, 0) is 35.7 Å². The number of hydrogen-bond donors (Lipinski definition) is 3. The summed E-state index contributed by atoms with van der Waals surface area (Å²) in [6, 6.07) is 15.3. The number of phosphoric ester groups is 1. The molecule has 0 spiro atoms. The highest BCUT2D eigenvalue weighted by Gasteiger charge is 2.20. The Morgan fingerprint density at radius 1 is 1.03 bits per heavy atom. The van der Waals surface area contributed by atoms with Crippen LogP contribution < -0.4 is 10.3 Å². The van der Waals surface area contributed by atoms with Gasteiger partial charge in [0.25, 0.3) is 5.82 Å². The summed E-state index contributed by atoms with van der Waals surface area (Å²) >= 11 is 0. The third-order valence-corrected chi connectivity index (χ3v) is 5.42. The van der Waals surface area contributed by atoms with Gasteiger partial charge in [0.1, 0.15) is 11.4 Å². The Morgan fingerprint density at radius 3 is 2.48 bits per heavy atom. The zero-order chi connectivity index (χ0) is 23.3. The van der Waals surface area contributed by atoms with E-state index in [1.54, 1.807) is 42.9 Å². The normalized spacial score (nSPS) is 11.6. The minimum absolute atomic E-state index is 0.236. The van der Waals surface area contributed by atoms with Crippen LogP contribution in [0.4, 0.5) is 5.82 Å². The van der Waals surface area contributed by atoms with Crippen molar-refractivity contribution in [1.82, 2.24) is 15.1 Å². The molecule has 33 heavy (non-hydrogen) atoms. The fourth-order valence-electron chi connectivity index (χ4n) is 3.29. The van der Waals surface area contributed by atoms with E-state index in [0.717, 1.165) is 29.9 Å². The monoisotopic (exact) mass is 468 g/mol. The summed E-state index contributed by atoms with van der Waals surface area (Å²) in [5.41, 5.74) is 9.69. The molecular weight excluding hydrogens is 445 g/mol. The molecule has 0 bridgehead atoms. The van der Waals surface area contributed by atoms with Gasteiger partial charge in [-0.2, -0.15) is 0 Å². The predicted molar refractivity (Wildman–Crippen MR) is 118 cm³/mol. The lowest BCUT2D eigenvalue weighted by molar-refractivity contribution is -0.711. The second-order valence-electron chi connectivity index (χ2n) is 7.37. The maximum absolute atomic E-state index is 11.0. The quantitative estimate of drug-likeness (QED) is 0.249. The molecule has 3 heterocycles. The molecule has 0 radical (unpaired) electrons. The lowest BCUT2D eigenvalue weighted by Gasteiger charge is -2.07. The summed E-state index contributed by atoms with van der Waals surface area (Å²) in [6.07, 6.45) is 7.27. The molecule has 0 saturated carbocycles. The molecule has 3 aromatic heterocycles. The van der Waals surface area contributed by atoms with Gasteiger partial charge in [-0.25, -0.2) is 23.6 Å². The molecule has 0 atom stereocenters. The lowest BCUT2D eigenvalue weighted by Crippen LogP contribution is -2.38. The molecule has 0 saturated heterocycles. The van der Waals surface area contributed by atoms with Crippen LogP contribution in [0.25, 0.3) is 11.3 Å². The van der Waals surface area contributed by atoms with Crippen LogP contribution in [0.5, 0.6) is 0 Å². The highest BCUT2D eigenvalue weighted by atomic mass is 31.2. The highest BCUT2D eigenvalue weighted by Crippen LogP contribution is 2.35. The molecule has 4 aromatic rings. The molecule has 0 amide bonds. The standard InChI is InChI=1S/C22H22N5O5P/c23-22-19(3-1-12-27(22)15-31-33(28,29)30)20-14-18(26-32-20)13-17-6-4-16(5-7-17)8-9-21-24-10-2-11-25-21/h1-7,10-12,14,23H,8-9,13,15H2,(H2,28,29,30)/p+1. The van der Waals surface area contributed by atoms with Gasteiger partial charge in [-0.1, -0.05) is 29.4 Å². The third kappa shape index (κ3) is 6.30. The lowest BCUT2D eigenvalue weighted by atomic mass is 10.0. The molecule has 4 rings (SSSR count). The summed E-state index contributed by atoms with van der Waals surface area (Å²) in [5, 5.41) is 4.13. The highest BCUT2D eigenvalue weighted by molar-refractivity contribution is 7.46. The second-order valence-corrected chi connectivity index (χ2v) is 8.61. The van der Waals surface area contributed by atoms with E-state index in [-0.39, 0.29) is 5.82 Å². The first-order valence-corrected chi connectivity index (χ1v) is 11.7. The van der Waals surface area contributed by atoms with E-state index in [4.69, 9.17) is 20.0 Å². The number of pyridine rings is 1. The third-order valence-electron chi connectivity index (χ3n) is 4.97. The van der Waals surface area contributed by atoms with Gasteiger partial charge >= 0.3 is 7.82 Å². The summed E-state index contributed by atoms with van der Waals surface area (Å²) in [5.74, 6) is 1.51. The van der Waals surface area contributed by atoms with Crippen LogP contribution in [0.3, 0.4) is 0 Å². The zero-order valence-electron chi connectivity index (χ0n) is 17.6. The molecule has 170 valence electrons. The number of phosphoric acid groups is 1. The van der Waals surface area contributed by atoms with E-state index >= 15 is 0 Å². The van der Waals surface area contributed by atoms with E-state index in [0.29, 0.717) is 17.7 Å². The maximum Gasteiger partial charge on any atom is 0.472 e. The van der Waals surface area contributed by atoms with Crippen molar-refractivity contribution in [3.05, 3.63) is 89.8 Å². The molecule has 1 aromatic carbocycles. The van der Waals surface area contributed by atoms with Crippen LogP contribution in [0.2, 0.25) is 0 Å². The topological polar surface area (TPSA) is 148 Å². The molecule has 0 aliphatic rings. The van der Waals surface area contributed by atoms with Gasteiger partial charge in [0, 0.05) is 31.3 Å². The van der Waals surface area contributed by atoms with E-state index in [1.165, 1.54) is 10.1 Å². The molecule has 0 aliphatic heterocycles. The van der Waals surface area contributed by atoms with Crippen LogP contribution in [0.15, 0.2) is 71.6 Å². The summed E-state index contributed by atoms with van der Waals surface area (Å²) in [7, 11) is -4.62. The molecule has 11 heteroatoms. The van der Waals surface area contributed by atoms with Crippen LogP contribution in [-0.2, 0) is 35.1 Å². The number of nitrogens with two attached hydrogens (primary N) is 1. The smallest absolute Gasteiger partial charge is 0.356 e. The Morgan fingerprint density at radius 2 is 1.76 bits per heavy atom. The predicted octanol–water partition coefficient (Wildman–Crippen LogP) is 2.44. The van der Waals surface area contributed by atoms with Crippen LogP contribution in [0.1, 0.15) is 22.6 Å². The number of nitrogen functional groups attached to an aromatic ring is 1. The van der Waals surface area contributed by atoms with E-state index in [1.807, 2.05) is 0 Å². The van der Waals surface area contributed by atoms with Gasteiger partial charge in [0.2, 0.25) is 6.73 Å². The van der Waals surface area contributed by atoms with Crippen molar-refractivity contribution in [1.29, 1.82) is 0 Å². The number of hydrogen-bond acceptors (Lipinski definition) is 7. The number of anilines is 1. The van der Waals surface area contributed by atoms with Crippen LogP contribution in [-0.4, -0.2) is 24.9 Å². The Balaban J connectivity index is 1.40. The number of rotatable bonds is 9. The fourth-order valence-corrected chi connectivity index (χ4v) is 3.57.